The Balaban J connectivity index is 1.53. The quantitative estimate of drug-likeness (QED) is 0.652. The third-order valence-electron chi connectivity index (χ3n) is 5.34. The lowest BCUT2D eigenvalue weighted by Gasteiger charge is -2.26. The lowest BCUT2D eigenvalue weighted by molar-refractivity contribution is 0.102. The second-order valence-electron chi connectivity index (χ2n) is 7.46. The molecular weight excluding hydrogens is 419 g/mol. The summed E-state index contributed by atoms with van der Waals surface area (Å²) >= 11 is 0. The van der Waals surface area contributed by atoms with Crippen LogP contribution in [0.4, 0.5) is 10.1 Å². The SMILES string of the molecule is Cc1nccn1-c1ccc(NC(=O)c2cccc(S(=O)(=O)N3CCCCC3)c2)cc1F. The summed E-state index contributed by atoms with van der Waals surface area (Å²) in [7, 11) is -3.65. The molecule has 1 amide bonds. The van der Waals surface area contributed by atoms with Crippen LogP contribution in [0.15, 0.2) is 59.8 Å². The number of nitrogens with one attached hydrogen (secondary N) is 1. The standard InChI is InChI=1S/C22H23FN4O3S/c1-16-24-10-13-27(16)21-9-8-18(15-20(21)23)25-22(28)17-6-5-7-19(14-17)31(29,30)26-11-3-2-4-12-26/h5-10,13-15H,2-4,11-12H2,1H3,(H,25,28). The van der Waals surface area contributed by atoms with Crippen molar-refractivity contribution in [3.8, 4) is 5.69 Å². The lowest BCUT2D eigenvalue weighted by Crippen LogP contribution is -2.35. The summed E-state index contributed by atoms with van der Waals surface area (Å²) in [6, 6.07) is 10.3. The predicted molar refractivity (Wildman–Crippen MR) is 115 cm³/mol. The van der Waals surface area contributed by atoms with Crippen LogP contribution in [0.25, 0.3) is 5.69 Å². The number of sulfonamides is 1. The number of carbonyl (C=O) groups is 1. The van der Waals surface area contributed by atoms with Crippen LogP contribution in [0.1, 0.15) is 35.4 Å². The fraction of sp³-hybridized carbons (Fsp3) is 0.273. The molecule has 4 rings (SSSR count). The van der Waals surface area contributed by atoms with E-state index < -0.39 is 21.7 Å². The van der Waals surface area contributed by atoms with Crippen LogP contribution < -0.4 is 5.32 Å². The van der Waals surface area contributed by atoms with Crippen molar-refractivity contribution in [2.75, 3.05) is 18.4 Å². The van der Waals surface area contributed by atoms with Gasteiger partial charge in [-0.05, 0) is 56.2 Å². The second-order valence-corrected chi connectivity index (χ2v) is 9.40. The molecule has 1 aromatic heterocycles. The number of imidazole rings is 1. The number of aromatic nitrogens is 2. The molecule has 0 radical (unpaired) electrons. The Morgan fingerprint density at radius 3 is 2.55 bits per heavy atom. The van der Waals surface area contributed by atoms with Gasteiger partial charge in [-0.25, -0.2) is 17.8 Å². The first-order valence-electron chi connectivity index (χ1n) is 10.1. The molecule has 9 heteroatoms. The number of hydrogen-bond acceptors (Lipinski definition) is 4. The van der Waals surface area contributed by atoms with Crippen LogP contribution in [-0.2, 0) is 10.0 Å². The van der Waals surface area contributed by atoms with E-state index in [9.17, 15) is 17.6 Å². The van der Waals surface area contributed by atoms with Gasteiger partial charge in [0, 0.05) is 36.7 Å². The van der Waals surface area contributed by atoms with E-state index in [0.29, 0.717) is 24.6 Å². The van der Waals surface area contributed by atoms with E-state index in [2.05, 4.69) is 10.3 Å². The van der Waals surface area contributed by atoms with Gasteiger partial charge in [-0.15, -0.1) is 0 Å². The van der Waals surface area contributed by atoms with E-state index in [1.165, 1.54) is 34.6 Å². The average molecular weight is 443 g/mol. The Kier molecular flexibility index (Phi) is 5.88. The van der Waals surface area contributed by atoms with Gasteiger partial charge < -0.3 is 9.88 Å². The van der Waals surface area contributed by atoms with Crippen molar-refractivity contribution >= 4 is 21.6 Å². The van der Waals surface area contributed by atoms with Gasteiger partial charge in [0.25, 0.3) is 5.91 Å². The Bertz CT molecular complexity index is 1220. The van der Waals surface area contributed by atoms with Gasteiger partial charge in [0.05, 0.1) is 10.6 Å². The highest BCUT2D eigenvalue weighted by Gasteiger charge is 2.26. The maximum Gasteiger partial charge on any atom is 0.255 e. The molecule has 1 aliphatic heterocycles. The van der Waals surface area contributed by atoms with Gasteiger partial charge in [-0.1, -0.05) is 12.5 Å². The molecule has 0 spiro atoms. The average Bonchev–Trinajstić information content (AvgIpc) is 3.20. The maximum atomic E-state index is 14.6. The highest BCUT2D eigenvalue weighted by Crippen LogP contribution is 2.23. The van der Waals surface area contributed by atoms with Crippen molar-refractivity contribution in [3.63, 3.8) is 0 Å². The topological polar surface area (TPSA) is 84.3 Å². The molecule has 1 aliphatic rings. The molecule has 0 bridgehead atoms. The molecule has 2 aromatic carbocycles. The largest absolute Gasteiger partial charge is 0.322 e. The molecule has 0 atom stereocenters. The van der Waals surface area contributed by atoms with Crippen LogP contribution in [0.2, 0.25) is 0 Å². The number of hydrogen-bond donors (Lipinski definition) is 1. The third kappa shape index (κ3) is 4.38. The fourth-order valence-corrected chi connectivity index (χ4v) is 5.23. The number of benzene rings is 2. The Morgan fingerprint density at radius 1 is 1.10 bits per heavy atom. The number of nitrogens with zero attached hydrogens (tertiary/aromatic N) is 3. The number of carbonyl (C=O) groups excluding carboxylic acids is 1. The van der Waals surface area contributed by atoms with E-state index in [1.54, 1.807) is 36.0 Å². The van der Waals surface area contributed by atoms with Gasteiger partial charge in [0.1, 0.15) is 11.6 Å². The highest BCUT2D eigenvalue weighted by molar-refractivity contribution is 7.89. The first-order valence-corrected chi connectivity index (χ1v) is 11.5. The summed E-state index contributed by atoms with van der Waals surface area (Å²) < 4.78 is 43.4. The van der Waals surface area contributed by atoms with Crippen molar-refractivity contribution in [3.05, 3.63) is 72.1 Å². The van der Waals surface area contributed by atoms with Crippen molar-refractivity contribution in [2.24, 2.45) is 0 Å². The van der Waals surface area contributed by atoms with E-state index >= 15 is 0 Å². The number of anilines is 1. The Morgan fingerprint density at radius 2 is 1.87 bits per heavy atom. The van der Waals surface area contributed by atoms with Crippen LogP contribution in [0.3, 0.4) is 0 Å². The fourth-order valence-electron chi connectivity index (χ4n) is 3.67. The third-order valence-corrected chi connectivity index (χ3v) is 7.23. The second kappa shape index (κ2) is 8.60. The van der Waals surface area contributed by atoms with Gasteiger partial charge >= 0.3 is 0 Å². The normalized spacial score (nSPS) is 15.0. The van der Waals surface area contributed by atoms with Crippen LogP contribution in [0, 0.1) is 12.7 Å². The monoisotopic (exact) mass is 442 g/mol. The van der Waals surface area contributed by atoms with Gasteiger partial charge in [0.2, 0.25) is 10.0 Å². The Labute approximate surface area is 180 Å². The molecule has 7 nitrogen and oxygen atoms in total. The van der Waals surface area contributed by atoms with E-state index in [1.807, 2.05) is 0 Å². The zero-order valence-electron chi connectivity index (χ0n) is 17.1. The molecule has 2 heterocycles. The highest BCUT2D eigenvalue weighted by atomic mass is 32.2. The van der Waals surface area contributed by atoms with Crippen molar-refractivity contribution in [1.29, 1.82) is 0 Å². The number of piperidine rings is 1. The number of halogens is 1. The minimum absolute atomic E-state index is 0.0826. The summed E-state index contributed by atoms with van der Waals surface area (Å²) in [4.78, 5) is 16.9. The summed E-state index contributed by atoms with van der Waals surface area (Å²) in [5, 5.41) is 2.63. The van der Waals surface area contributed by atoms with Crippen LogP contribution >= 0.6 is 0 Å². The summed E-state index contributed by atoms with van der Waals surface area (Å²) in [6.07, 6.45) is 5.92. The van der Waals surface area contributed by atoms with Gasteiger partial charge in [-0.2, -0.15) is 4.31 Å². The Hall–Kier alpha value is -3.04. The first-order chi connectivity index (χ1) is 14.9. The van der Waals surface area contributed by atoms with E-state index in [0.717, 1.165) is 19.3 Å². The van der Waals surface area contributed by atoms with Crippen LogP contribution in [0.5, 0.6) is 0 Å². The van der Waals surface area contributed by atoms with Crippen molar-refractivity contribution in [1.82, 2.24) is 13.9 Å². The maximum absolute atomic E-state index is 14.6. The molecule has 1 fully saturated rings. The van der Waals surface area contributed by atoms with Gasteiger partial charge in [0.15, 0.2) is 0 Å². The molecule has 0 unspecified atom stereocenters. The molecule has 162 valence electrons. The smallest absolute Gasteiger partial charge is 0.255 e. The lowest BCUT2D eigenvalue weighted by atomic mass is 10.2. The minimum atomic E-state index is -3.65. The van der Waals surface area contributed by atoms with Crippen molar-refractivity contribution in [2.45, 2.75) is 31.1 Å². The summed E-state index contributed by atoms with van der Waals surface area (Å²) in [5.74, 6) is -0.385. The van der Waals surface area contributed by atoms with Gasteiger partial charge in [-0.3, -0.25) is 4.79 Å². The number of rotatable bonds is 5. The molecular formula is C22H23FN4O3S. The summed E-state index contributed by atoms with van der Waals surface area (Å²) in [5.41, 5.74) is 0.781. The van der Waals surface area contributed by atoms with E-state index in [-0.39, 0.29) is 16.1 Å². The summed E-state index contributed by atoms with van der Waals surface area (Å²) in [6.45, 7) is 2.74. The molecule has 0 saturated carbocycles. The zero-order chi connectivity index (χ0) is 22.0. The number of aryl methyl sites for hydroxylation is 1. The number of amides is 1. The molecule has 3 aromatic rings. The van der Waals surface area contributed by atoms with Crippen molar-refractivity contribution < 1.29 is 17.6 Å². The first kappa shape index (κ1) is 21.2. The zero-order valence-corrected chi connectivity index (χ0v) is 17.9. The molecule has 1 saturated heterocycles. The van der Waals surface area contributed by atoms with Crippen LogP contribution in [-0.4, -0.2) is 41.3 Å². The van der Waals surface area contributed by atoms with E-state index in [4.69, 9.17) is 0 Å². The molecule has 31 heavy (non-hydrogen) atoms. The minimum Gasteiger partial charge on any atom is -0.322 e. The molecule has 1 N–H and O–H groups in total. The molecule has 0 aliphatic carbocycles. The predicted octanol–water partition coefficient (Wildman–Crippen LogP) is 3.75.